The van der Waals surface area contributed by atoms with Crippen LogP contribution in [0.4, 0.5) is 24.7 Å². The SMILES string of the molecule is CCCN(CCC)c1cc(C(=O)Nc2ccc(F)c(F)c2F)nc(C)n1. The lowest BCUT2D eigenvalue weighted by molar-refractivity contribution is 0.102. The minimum absolute atomic E-state index is 0.0221. The summed E-state index contributed by atoms with van der Waals surface area (Å²) in [5, 5.41) is 2.22. The predicted molar refractivity (Wildman–Crippen MR) is 93.8 cm³/mol. The van der Waals surface area contributed by atoms with Gasteiger partial charge in [-0.1, -0.05) is 13.8 Å². The molecule has 2 rings (SSSR count). The van der Waals surface area contributed by atoms with Crippen molar-refractivity contribution >= 4 is 17.4 Å². The zero-order valence-electron chi connectivity index (χ0n) is 14.9. The third-order valence-electron chi connectivity index (χ3n) is 3.65. The molecule has 0 atom stereocenters. The molecule has 0 aliphatic heterocycles. The van der Waals surface area contributed by atoms with Crippen molar-refractivity contribution < 1.29 is 18.0 Å². The highest BCUT2D eigenvalue weighted by atomic mass is 19.2. The summed E-state index contributed by atoms with van der Waals surface area (Å²) < 4.78 is 40.1. The van der Waals surface area contributed by atoms with Crippen molar-refractivity contribution in [2.75, 3.05) is 23.3 Å². The van der Waals surface area contributed by atoms with Gasteiger partial charge in [-0.05, 0) is 31.9 Å². The molecule has 1 N–H and O–H groups in total. The Morgan fingerprint density at radius 3 is 2.35 bits per heavy atom. The largest absolute Gasteiger partial charge is 0.357 e. The third kappa shape index (κ3) is 4.50. The summed E-state index contributed by atoms with van der Waals surface area (Å²) in [5.74, 6) is -4.17. The highest BCUT2D eigenvalue weighted by Crippen LogP contribution is 2.21. The molecule has 0 aliphatic rings. The van der Waals surface area contributed by atoms with Gasteiger partial charge in [0.15, 0.2) is 17.5 Å². The second-order valence-corrected chi connectivity index (χ2v) is 5.82. The summed E-state index contributed by atoms with van der Waals surface area (Å²) in [6.45, 7) is 7.26. The molecule has 1 amide bonds. The van der Waals surface area contributed by atoms with Crippen molar-refractivity contribution in [1.82, 2.24) is 9.97 Å². The summed E-state index contributed by atoms with van der Waals surface area (Å²) in [7, 11) is 0. The fourth-order valence-corrected chi connectivity index (χ4v) is 2.52. The van der Waals surface area contributed by atoms with Gasteiger partial charge in [-0.2, -0.15) is 0 Å². The lowest BCUT2D eigenvalue weighted by atomic mass is 10.2. The van der Waals surface area contributed by atoms with E-state index in [4.69, 9.17) is 0 Å². The molecule has 0 saturated heterocycles. The summed E-state index contributed by atoms with van der Waals surface area (Å²) in [6.07, 6.45) is 1.81. The number of aromatic nitrogens is 2. The number of hydrogen-bond acceptors (Lipinski definition) is 4. The van der Waals surface area contributed by atoms with E-state index < -0.39 is 29.0 Å². The van der Waals surface area contributed by atoms with Gasteiger partial charge >= 0.3 is 0 Å². The summed E-state index contributed by atoms with van der Waals surface area (Å²) in [6, 6.07) is 3.21. The number of amides is 1. The van der Waals surface area contributed by atoms with E-state index in [1.165, 1.54) is 6.07 Å². The van der Waals surface area contributed by atoms with Crippen LogP contribution in [0.3, 0.4) is 0 Å². The van der Waals surface area contributed by atoms with Crippen molar-refractivity contribution in [2.24, 2.45) is 0 Å². The lowest BCUT2D eigenvalue weighted by Gasteiger charge is -2.23. The van der Waals surface area contributed by atoms with Gasteiger partial charge in [0, 0.05) is 19.2 Å². The van der Waals surface area contributed by atoms with Gasteiger partial charge in [0.1, 0.15) is 17.3 Å². The first kappa shape index (κ1) is 19.7. The minimum Gasteiger partial charge on any atom is -0.357 e. The molecule has 0 saturated carbocycles. The number of benzene rings is 1. The van der Waals surface area contributed by atoms with Crippen LogP contribution >= 0.6 is 0 Å². The number of aryl methyl sites for hydroxylation is 1. The van der Waals surface area contributed by atoms with E-state index in [-0.39, 0.29) is 5.69 Å². The Bertz CT molecular complexity index is 792. The highest BCUT2D eigenvalue weighted by Gasteiger charge is 2.18. The summed E-state index contributed by atoms with van der Waals surface area (Å²) in [4.78, 5) is 22.9. The standard InChI is InChI=1S/C18H21F3N4O/c1-4-8-25(9-5-2)15-10-14(22-11(3)23-15)18(26)24-13-7-6-12(19)16(20)17(13)21/h6-7,10H,4-5,8-9H2,1-3H3,(H,24,26). The number of hydrogen-bond donors (Lipinski definition) is 1. The van der Waals surface area contributed by atoms with E-state index in [0.717, 1.165) is 38.1 Å². The van der Waals surface area contributed by atoms with Gasteiger partial charge < -0.3 is 10.2 Å². The maximum Gasteiger partial charge on any atom is 0.274 e. The number of rotatable bonds is 7. The zero-order chi connectivity index (χ0) is 19.3. The average Bonchev–Trinajstić information content (AvgIpc) is 2.61. The van der Waals surface area contributed by atoms with Crippen LogP contribution in [0.2, 0.25) is 0 Å². The van der Waals surface area contributed by atoms with Gasteiger partial charge in [0.25, 0.3) is 5.91 Å². The highest BCUT2D eigenvalue weighted by molar-refractivity contribution is 6.03. The number of nitrogens with zero attached hydrogens (tertiary/aromatic N) is 3. The fourth-order valence-electron chi connectivity index (χ4n) is 2.52. The van der Waals surface area contributed by atoms with Crippen LogP contribution < -0.4 is 10.2 Å². The van der Waals surface area contributed by atoms with E-state index in [9.17, 15) is 18.0 Å². The molecule has 26 heavy (non-hydrogen) atoms. The molecule has 0 radical (unpaired) electrons. The van der Waals surface area contributed by atoms with Crippen molar-refractivity contribution in [3.63, 3.8) is 0 Å². The van der Waals surface area contributed by atoms with E-state index in [1.807, 2.05) is 18.7 Å². The Hall–Kier alpha value is -2.64. The van der Waals surface area contributed by atoms with Gasteiger partial charge in [0.05, 0.1) is 5.69 Å². The molecule has 0 unspecified atom stereocenters. The normalized spacial score (nSPS) is 10.7. The van der Waals surface area contributed by atoms with E-state index in [1.54, 1.807) is 6.92 Å². The van der Waals surface area contributed by atoms with Crippen LogP contribution in [0.5, 0.6) is 0 Å². The quantitative estimate of drug-likeness (QED) is 0.750. The topological polar surface area (TPSA) is 58.1 Å². The van der Waals surface area contributed by atoms with Crippen molar-refractivity contribution in [1.29, 1.82) is 0 Å². The molecule has 0 spiro atoms. The lowest BCUT2D eigenvalue weighted by Crippen LogP contribution is -2.27. The van der Waals surface area contributed by atoms with Gasteiger partial charge in [-0.15, -0.1) is 0 Å². The Kier molecular flexibility index (Phi) is 6.54. The van der Waals surface area contributed by atoms with Crippen LogP contribution in [0.15, 0.2) is 18.2 Å². The molecule has 1 aromatic carbocycles. The first-order valence-corrected chi connectivity index (χ1v) is 8.42. The van der Waals surface area contributed by atoms with Crippen LogP contribution in [0.1, 0.15) is 43.0 Å². The van der Waals surface area contributed by atoms with Gasteiger partial charge in [-0.3, -0.25) is 4.79 Å². The first-order chi connectivity index (χ1) is 12.4. The number of carbonyl (C=O) groups is 1. The van der Waals surface area contributed by atoms with Gasteiger partial charge in [0.2, 0.25) is 0 Å². The number of carbonyl (C=O) groups excluding carboxylic acids is 1. The van der Waals surface area contributed by atoms with E-state index >= 15 is 0 Å². The third-order valence-corrected chi connectivity index (χ3v) is 3.65. The Morgan fingerprint density at radius 2 is 1.73 bits per heavy atom. The number of anilines is 2. The molecule has 1 heterocycles. The monoisotopic (exact) mass is 366 g/mol. The van der Waals surface area contributed by atoms with Crippen molar-refractivity contribution in [3.8, 4) is 0 Å². The van der Waals surface area contributed by atoms with E-state index in [2.05, 4.69) is 15.3 Å². The average molecular weight is 366 g/mol. The van der Waals surface area contributed by atoms with Crippen LogP contribution in [-0.4, -0.2) is 29.0 Å². The molecule has 140 valence electrons. The second kappa shape index (κ2) is 8.64. The summed E-state index contributed by atoms with van der Waals surface area (Å²) in [5.41, 5.74) is -0.431. The first-order valence-electron chi connectivity index (χ1n) is 8.42. The van der Waals surface area contributed by atoms with Crippen molar-refractivity contribution in [2.45, 2.75) is 33.6 Å². The molecule has 8 heteroatoms. The number of nitrogens with one attached hydrogen (secondary N) is 1. The predicted octanol–water partition coefficient (Wildman–Crippen LogP) is 4.08. The minimum atomic E-state index is -1.64. The zero-order valence-corrected chi connectivity index (χ0v) is 14.9. The molecule has 0 bridgehead atoms. The van der Waals surface area contributed by atoms with Crippen molar-refractivity contribution in [3.05, 3.63) is 47.2 Å². The van der Waals surface area contributed by atoms with Crippen LogP contribution in [-0.2, 0) is 0 Å². The molecule has 5 nitrogen and oxygen atoms in total. The Balaban J connectivity index is 2.30. The maximum absolute atomic E-state index is 13.8. The van der Waals surface area contributed by atoms with Gasteiger partial charge in [-0.25, -0.2) is 23.1 Å². The molecule has 1 aromatic heterocycles. The van der Waals surface area contributed by atoms with Crippen LogP contribution in [0, 0.1) is 24.4 Å². The fraction of sp³-hybridized carbons (Fsp3) is 0.389. The molecular formula is C18H21F3N4O. The molecule has 2 aromatic rings. The second-order valence-electron chi connectivity index (χ2n) is 5.82. The Morgan fingerprint density at radius 1 is 1.08 bits per heavy atom. The Labute approximate surface area is 150 Å². The maximum atomic E-state index is 13.8. The summed E-state index contributed by atoms with van der Waals surface area (Å²) >= 11 is 0. The van der Waals surface area contributed by atoms with Crippen LogP contribution in [0.25, 0.3) is 0 Å². The molecular weight excluding hydrogens is 345 g/mol. The van der Waals surface area contributed by atoms with E-state index in [0.29, 0.717) is 11.6 Å². The molecule has 0 fully saturated rings. The molecule has 0 aliphatic carbocycles. The number of halogens is 3. The smallest absolute Gasteiger partial charge is 0.274 e.